The Morgan fingerprint density at radius 1 is 1.00 bits per heavy atom. The van der Waals surface area contributed by atoms with Crippen molar-refractivity contribution in [2.45, 2.75) is 18.9 Å². The van der Waals surface area contributed by atoms with Crippen molar-refractivity contribution in [1.82, 2.24) is 4.90 Å². The highest BCUT2D eigenvalue weighted by molar-refractivity contribution is 5.94. The van der Waals surface area contributed by atoms with Crippen LogP contribution in [0.25, 0.3) is 0 Å². The summed E-state index contributed by atoms with van der Waals surface area (Å²) in [6.45, 7) is 1.51. The van der Waals surface area contributed by atoms with Gasteiger partial charge in [0.1, 0.15) is 11.5 Å². The molecule has 5 nitrogen and oxygen atoms in total. The monoisotopic (exact) mass is 340 g/mol. The van der Waals surface area contributed by atoms with Crippen molar-refractivity contribution in [3.05, 3.63) is 54.1 Å². The minimum absolute atomic E-state index is 0.0711. The molecule has 132 valence electrons. The first-order valence-electron chi connectivity index (χ1n) is 8.53. The Kier molecular flexibility index (Phi) is 5.43. The highest BCUT2D eigenvalue weighted by Gasteiger charge is 2.23. The predicted octanol–water partition coefficient (Wildman–Crippen LogP) is 3.42. The van der Waals surface area contributed by atoms with E-state index in [4.69, 9.17) is 9.47 Å². The molecule has 2 aromatic carbocycles. The van der Waals surface area contributed by atoms with Crippen molar-refractivity contribution in [3.8, 4) is 11.5 Å². The van der Waals surface area contributed by atoms with Crippen LogP contribution >= 0.6 is 0 Å². The first kappa shape index (κ1) is 17.1. The summed E-state index contributed by atoms with van der Waals surface area (Å²) in [5.74, 6) is 1.63. The molecule has 0 atom stereocenters. The van der Waals surface area contributed by atoms with Gasteiger partial charge in [-0.05, 0) is 55.3 Å². The number of nitrogens with zero attached hydrogens (tertiary/aromatic N) is 1. The standard InChI is InChI=1S/C20H24N2O3/c1-24-18-8-6-16(7-9-18)21-17-10-12-22(13-11-17)20(23)15-4-3-5-19(14-15)25-2/h3-9,14,17,21H,10-13H2,1-2H3. The van der Waals surface area contributed by atoms with E-state index in [1.165, 1.54) is 0 Å². The van der Waals surface area contributed by atoms with E-state index in [1.54, 1.807) is 20.3 Å². The third-order valence-corrected chi connectivity index (χ3v) is 4.56. The molecule has 3 rings (SSSR count). The maximum Gasteiger partial charge on any atom is 0.253 e. The Labute approximate surface area is 148 Å². The van der Waals surface area contributed by atoms with Crippen LogP contribution in [0.3, 0.4) is 0 Å². The fraction of sp³-hybridized carbons (Fsp3) is 0.350. The second-order valence-electron chi connectivity index (χ2n) is 6.17. The number of rotatable bonds is 5. The van der Waals surface area contributed by atoms with E-state index in [1.807, 2.05) is 47.4 Å². The molecule has 0 radical (unpaired) electrons. The average molecular weight is 340 g/mol. The molecule has 0 aliphatic carbocycles. The van der Waals surface area contributed by atoms with Crippen LogP contribution in [0.15, 0.2) is 48.5 Å². The van der Waals surface area contributed by atoms with Crippen molar-refractivity contribution in [2.24, 2.45) is 0 Å². The molecule has 1 fully saturated rings. The number of hydrogen-bond donors (Lipinski definition) is 1. The van der Waals surface area contributed by atoms with Gasteiger partial charge in [0.2, 0.25) is 0 Å². The molecule has 2 aromatic rings. The van der Waals surface area contributed by atoms with E-state index in [-0.39, 0.29) is 5.91 Å². The zero-order valence-corrected chi connectivity index (χ0v) is 14.7. The zero-order valence-electron chi connectivity index (χ0n) is 14.7. The van der Waals surface area contributed by atoms with Gasteiger partial charge in [0.15, 0.2) is 0 Å². The van der Waals surface area contributed by atoms with E-state index in [2.05, 4.69) is 5.32 Å². The van der Waals surface area contributed by atoms with Crippen molar-refractivity contribution >= 4 is 11.6 Å². The lowest BCUT2D eigenvalue weighted by atomic mass is 10.0. The number of carbonyl (C=O) groups is 1. The van der Waals surface area contributed by atoms with Gasteiger partial charge in [-0.3, -0.25) is 4.79 Å². The van der Waals surface area contributed by atoms with Crippen molar-refractivity contribution < 1.29 is 14.3 Å². The van der Waals surface area contributed by atoms with Gasteiger partial charge in [-0.1, -0.05) is 6.07 Å². The van der Waals surface area contributed by atoms with E-state index in [0.717, 1.165) is 37.4 Å². The molecular weight excluding hydrogens is 316 g/mol. The van der Waals surface area contributed by atoms with E-state index in [0.29, 0.717) is 17.4 Å². The lowest BCUT2D eigenvalue weighted by Crippen LogP contribution is -2.42. The maximum absolute atomic E-state index is 12.6. The minimum atomic E-state index is 0.0711. The SMILES string of the molecule is COc1ccc(NC2CCN(C(=O)c3cccc(OC)c3)CC2)cc1. The molecular formula is C20H24N2O3. The van der Waals surface area contributed by atoms with Gasteiger partial charge >= 0.3 is 0 Å². The summed E-state index contributed by atoms with van der Waals surface area (Å²) in [4.78, 5) is 14.6. The van der Waals surface area contributed by atoms with Gasteiger partial charge in [-0.2, -0.15) is 0 Å². The van der Waals surface area contributed by atoms with Gasteiger partial charge in [0.25, 0.3) is 5.91 Å². The molecule has 0 spiro atoms. The molecule has 0 saturated carbocycles. The molecule has 1 saturated heterocycles. The van der Waals surface area contributed by atoms with Crippen LogP contribution in [0.2, 0.25) is 0 Å². The lowest BCUT2D eigenvalue weighted by molar-refractivity contribution is 0.0718. The molecule has 25 heavy (non-hydrogen) atoms. The summed E-state index contributed by atoms with van der Waals surface area (Å²) in [6, 6.07) is 15.7. The topological polar surface area (TPSA) is 50.8 Å². The van der Waals surface area contributed by atoms with E-state index in [9.17, 15) is 4.79 Å². The molecule has 1 aliphatic rings. The minimum Gasteiger partial charge on any atom is -0.497 e. The molecule has 1 heterocycles. The summed E-state index contributed by atoms with van der Waals surface area (Å²) >= 11 is 0. The fourth-order valence-corrected chi connectivity index (χ4v) is 3.09. The highest BCUT2D eigenvalue weighted by atomic mass is 16.5. The summed E-state index contributed by atoms with van der Waals surface area (Å²) in [5.41, 5.74) is 1.76. The second kappa shape index (κ2) is 7.92. The number of piperidine rings is 1. The summed E-state index contributed by atoms with van der Waals surface area (Å²) in [5, 5.41) is 3.54. The van der Waals surface area contributed by atoms with Crippen LogP contribution in [-0.4, -0.2) is 44.2 Å². The number of methoxy groups -OCH3 is 2. The number of nitrogens with one attached hydrogen (secondary N) is 1. The smallest absolute Gasteiger partial charge is 0.253 e. The molecule has 1 N–H and O–H groups in total. The fourth-order valence-electron chi connectivity index (χ4n) is 3.09. The Morgan fingerprint density at radius 2 is 1.68 bits per heavy atom. The van der Waals surface area contributed by atoms with Crippen LogP contribution in [0.5, 0.6) is 11.5 Å². The van der Waals surface area contributed by atoms with E-state index < -0.39 is 0 Å². The largest absolute Gasteiger partial charge is 0.497 e. The third-order valence-electron chi connectivity index (χ3n) is 4.56. The number of benzene rings is 2. The number of anilines is 1. The van der Waals surface area contributed by atoms with Crippen LogP contribution in [0.1, 0.15) is 23.2 Å². The molecule has 0 bridgehead atoms. The van der Waals surface area contributed by atoms with Crippen molar-refractivity contribution in [1.29, 1.82) is 0 Å². The van der Waals surface area contributed by atoms with Crippen molar-refractivity contribution in [3.63, 3.8) is 0 Å². The van der Waals surface area contributed by atoms with Crippen molar-refractivity contribution in [2.75, 3.05) is 32.6 Å². The van der Waals surface area contributed by atoms with Gasteiger partial charge in [0.05, 0.1) is 14.2 Å². The lowest BCUT2D eigenvalue weighted by Gasteiger charge is -2.33. The van der Waals surface area contributed by atoms with Crippen LogP contribution in [-0.2, 0) is 0 Å². The second-order valence-corrected chi connectivity index (χ2v) is 6.17. The summed E-state index contributed by atoms with van der Waals surface area (Å²) in [6.07, 6.45) is 1.86. The Bertz CT molecular complexity index is 707. The van der Waals surface area contributed by atoms with Crippen LogP contribution in [0.4, 0.5) is 5.69 Å². The molecule has 1 amide bonds. The molecule has 0 unspecified atom stereocenters. The number of hydrogen-bond acceptors (Lipinski definition) is 4. The van der Waals surface area contributed by atoms with Gasteiger partial charge in [-0.25, -0.2) is 0 Å². The van der Waals surface area contributed by atoms with Crippen LogP contribution < -0.4 is 14.8 Å². The van der Waals surface area contributed by atoms with Gasteiger partial charge in [-0.15, -0.1) is 0 Å². The average Bonchev–Trinajstić information content (AvgIpc) is 2.68. The summed E-state index contributed by atoms with van der Waals surface area (Å²) in [7, 11) is 3.28. The van der Waals surface area contributed by atoms with Gasteiger partial charge in [0, 0.05) is 30.4 Å². The predicted molar refractivity (Wildman–Crippen MR) is 98.5 cm³/mol. The zero-order chi connectivity index (χ0) is 17.6. The number of carbonyl (C=O) groups excluding carboxylic acids is 1. The Morgan fingerprint density at radius 3 is 2.32 bits per heavy atom. The molecule has 1 aliphatic heterocycles. The van der Waals surface area contributed by atoms with E-state index >= 15 is 0 Å². The number of likely N-dealkylation sites (tertiary alicyclic amines) is 1. The maximum atomic E-state index is 12.6. The Balaban J connectivity index is 1.54. The number of ether oxygens (including phenoxy) is 2. The first-order chi connectivity index (χ1) is 12.2. The van der Waals surface area contributed by atoms with Crippen LogP contribution in [0, 0.1) is 0 Å². The molecule has 5 heteroatoms. The highest BCUT2D eigenvalue weighted by Crippen LogP contribution is 2.21. The normalized spacial score (nSPS) is 14.9. The van der Waals surface area contributed by atoms with Gasteiger partial charge < -0.3 is 19.7 Å². The first-order valence-corrected chi connectivity index (χ1v) is 8.53. The summed E-state index contributed by atoms with van der Waals surface area (Å²) < 4.78 is 10.4. The molecule has 0 aromatic heterocycles. The third kappa shape index (κ3) is 4.24. The Hall–Kier alpha value is -2.69. The number of amides is 1. The quantitative estimate of drug-likeness (QED) is 0.906.